The lowest BCUT2D eigenvalue weighted by Crippen LogP contribution is -2.37. The first-order valence-electron chi connectivity index (χ1n) is 6.27. The lowest BCUT2D eigenvalue weighted by atomic mass is 10.1. The summed E-state index contributed by atoms with van der Waals surface area (Å²) in [5.41, 5.74) is 3.04. The third kappa shape index (κ3) is 2.93. The molecule has 0 saturated carbocycles. The molecule has 2 rings (SSSR count). The zero-order chi connectivity index (χ0) is 14.0. The van der Waals surface area contributed by atoms with Crippen LogP contribution >= 0.6 is 0 Å². The molecule has 0 unspecified atom stereocenters. The lowest BCUT2D eigenvalue weighted by molar-refractivity contribution is -0.129. The number of nitrogens with zero attached hydrogens (tertiary/aromatic N) is 2. The monoisotopic (exact) mass is 261 g/mol. The van der Waals surface area contributed by atoms with Crippen LogP contribution in [0.25, 0.3) is 0 Å². The van der Waals surface area contributed by atoms with E-state index < -0.39 is 0 Å². The molecule has 1 N–H and O–H groups in total. The first-order chi connectivity index (χ1) is 8.99. The third-order valence-electron chi connectivity index (χ3n) is 3.30. The van der Waals surface area contributed by atoms with Crippen LogP contribution in [0, 0.1) is 0 Å². The summed E-state index contributed by atoms with van der Waals surface area (Å²) in [5, 5.41) is 3.24. The van der Waals surface area contributed by atoms with Crippen LogP contribution in [-0.4, -0.2) is 49.3 Å². The van der Waals surface area contributed by atoms with Crippen LogP contribution in [0.2, 0.25) is 0 Å². The van der Waals surface area contributed by atoms with Gasteiger partial charge in [-0.2, -0.15) is 0 Å². The smallest absolute Gasteiger partial charge is 0.254 e. The lowest BCUT2D eigenvalue weighted by Gasteiger charge is -2.19. The van der Waals surface area contributed by atoms with Crippen molar-refractivity contribution in [3.8, 4) is 0 Å². The van der Waals surface area contributed by atoms with Gasteiger partial charge in [-0.3, -0.25) is 9.59 Å². The highest BCUT2D eigenvalue weighted by Gasteiger charge is 2.18. The highest BCUT2D eigenvalue weighted by atomic mass is 16.2. The number of benzene rings is 1. The Kier molecular flexibility index (Phi) is 3.85. The second-order valence-corrected chi connectivity index (χ2v) is 5.04. The van der Waals surface area contributed by atoms with E-state index in [0.717, 1.165) is 18.7 Å². The summed E-state index contributed by atoms with van der Waals surface area (Å²) >= 11 is 0. The Labute approximate surface area is 113 Å². The standard InChI is InChI=1S/C14H19N3O2/c1-16(2)13(18)9-17(3)14(19)10-4-5-11-7-15-8-12(11)6-10/h4-6,15H,7-9H2,1-3H3. The van der Waals surface area contributed by atoms with Gasteiger partial charge in [-0.05, 0) is 23.3 Å². The van der Waals surface area contributed by atoms with E-state index in [1.165, 1.54) is 15.4 Å². The van der Waals surface area contributed by atoms with E-state index in [-0.39, 0.29) is 18.4 Å². The van der Waals surface area contributed by atoms with Crippen LogP contribution in [-0.2, 0) is 17.9 Å². The molecule has 0 spiro atoms. The summed E-state index contributed by atoms with van der Waals surface area (Å²) in [6.07, 6.45) is 0. The molecule has 5 heteroatoms. The second kappa shape index (κ2) is 5.40. The molecule has 0 radical (unpaired) electrons. The number of amides is 2. The molecule has 5 nitrogen and oxygen atoms in total. The maximum atomic E-state index is 12.2. The summed E-state index contributed by atoms with van der Waals surface area (Å²) < 4.78 is 0. The minimum atomic E-state index is -0.120. The molecule has 1 aromatic carbocycles. The van der Waals surface area contributed by atoms with Crippen LogP contribution in [0.3, 0.4) is 0 Å². The first kappa shape index (κ1) is 13.5. The van der Waals surface area contributed by atoms with Gasteiger partial charge in [-0.1, -0.05) is 6.07 Å². The highest BCUT2D eigenvalue weighted by Crippen LogP contribution is 2.17. The maximum Gasteiger partial charge on any atom is 0.254 e. The number of nitrogens with one attached hydrogen (secondary N) is 1. The zero-order valence-corrected chi connectivity index (χ0v) is 11.6. The van der Waals surface area contributed by atoms with Crippen molar-refractivity contribution in [1.29, 1.82) is 0 Å². The zero-order valence-electron chi connectivity index (χ0n) is 11.6. The fourth-order valence-electron chi connectivity index (χ4n) is 2.06. The van der Waals surface area contributed by atoms with E-state index in [0.29, 0.717) is 5.56 Å². The summed E-state index contributed by atoms with van der Waals surface area (Å²) in [4.78, 5) is 26.8. The number of likely N-dealkylation sites (N-methyl/N-ethyl adjacent to an activating group) is 2. The van der Waals surface area contributed by atoms with Crippen LogP contribution in [0.15, 0.2) is 18.2 Å². The molecule has 0 aromatic heterocycles. The molecule has 1 aliphatic heterocycles. The Morgan fingerprint density at radius 3 is 2.53 bits per heavy atom. The van der Waals surface area contributed by atoms with Gasteiger partial charge in [-0.15, -0.1) is 0 Å². The molecule has 1 aromatic rings. The first-order valence-corrected chi connectivity index (χ1v) is 6.27. The van der Waals surface area contributed by atoms with E-state index >= 15 is 0 Å². The van der Waals surface area contributed by atoms with Crippen molar-refractivity contribution >= 4 is 11.8 Å². The molecule has 1 heterocycles. The summed E-state index contributed by atoms with van der Waals surface area (Å²) in [7, 11) is 5.01. The van der Waals surface area contributed by atoms with Gasteiger partial charge in [0.15, 0.2) is 0 Å². The average Bonchev–Trinajstić information content (AvgIpc) is 2.84. The number of rotatable bonds is 3. The number of hydrogen-bond acceptors (Lipinski definition) is 3. The fraction of sp³-hybridized carbons (Fsp3) is 0.429. The van der Waals surface area contributed by atoms with Crippen molar-refractivity contribution in [2.75, 3.05) is 27.7 Å². The number of fused-ring (bicyclic) bond motifs is 1. The molecule has 0 fully saturated rings. The van der Waals surface area contributed by atoms with Crippen molar-refractivity contribution in [1.82, 2.24) is 15.1 Å². The molecule has 0 aliphatic carbocycles. The van der Waals surface area contributed by atoms with E-state index in [9.17, 15) is 9.59 Å². The second-order valence-electron chi connectivity index (χ2n) is 5.04. The minimum absolute atomic E-state index is 0.0846. The molecule has 2 amide bonds. The summed E-state index contributed by atoms with van der Waals surface area (Å²) in [5.74, 6) is -0.205. The van der Waals surface area contributed by atoms with Gasteiger partial charge in [0.1, 0.15) is 0 Å². The van der Waals surface area contributed by atoms with Crippen molar-refractivity contribution in [2.45, 2.75) is 13.1 Å². The van der Waals surface area contributed by atoms with E-state index in [2.05, 4.69) is 5.32 Å². The topological polar surface area (TPSA) is 52.7 Å². The number of carbonyl (C=O) groups is 2. The van der Waals surface area contributed by atoms with Gasteiger partial charge in [0.05, 0.1) is 6.54 Å². The molecular formula is C14H19N3O2. The molecular weight excluding hydrogens is 242 g/mol. The molecule has 0 atom stereocenters. The Morgan fingerprint density at radius 2 is 1.84 bits per heavy atom. The van der Waals surface area contributed by atoms with E-state index in [1.54, 1.807) is 21.1 Å². The normalized spacial score (nSPS) is 13.0. The predicted octanol–water partition coefficient (Wildman–Crippen LogP) is 0.450. The van der Waals surface area contributed by atoms with Crippen LogP contribution in [0.5, 0.6) is 0 Å². The molecule has 102 valence electrons. The van der Waals surface area contributed by atoms with Crippen molar-refractivity contribution in [3.63, 3.8) is 0 Å². The highest BCUT2D eigenvalue weighted by molar-refractivity contribution is 5.96. The Hall–Kier alpha value is -1.88. The molecule has 1 aliphatic rings. The fourth-order valence-corrected chi connectivity index (χ4v) is 2.06. The van der Waals surface area contributed by atoms with Crippen molar-refractivity contribution in [3.05, 3.63) is 34.9 Å². The molecule has 19 heavy (non-hydrogen) atoms. The van der Waals surface area contributed by atoms with Crippen molar-refractivity contribution in [2.24, 2.45) is 0 Å². The van der Waals surface area contributed by atoms with E-state index in [1.807, 2.05) is 18.2 Å². The Morgan fingerprint density at radius 1 is 1.16 bits per heavy atom. The van der Waals surface area contributed by atoms with Crippen LogP contribution < -0.4 is 5.32 Å². The van der Waals surface area contributed by atoms with Gasteiger partial charge in [0.25, 0.3) is 5.91 Å². The van der Waals surface area contributed by atoms with Crippen LogP contribution in [0.4, 0.5) is 0 Å². The summed E-state index contributed by atoms with van der Waals surface area (Å²) in [6, 6.07) is 5.71. The van der Waals surface area contributed by atoms with Gasteiger partial charge >= 0.3 is 0 Å². The van der Waals surface area contributed by atoms with E-state index in [4.69, 9.17) is 0 Å². The third-order valence-corrected chi connectivity index (χ3v) is 3.30. The Balaban J connectivity index is 2.09. The predicted molar refractivity (Wildman–Crippen MR) is 72.6 cm³/mol. The van der Waals surface area contributed by atoms with Gasteiger partial charge in [-0.25, -0.2) is 0 Å². The molecule has 0 bridgehead atoms. The number of carbonyl (C=O) groups excluding carboxylic acids is 2. The van der Waals surface area contributed by atoms with Gasteiger partial charge in [0, 0.05) is 39.8 Å². The van der Waals surface area contributed by atoms with Crippen LogP contribution in [0.1, 0.15) is 21.5 Å². The average molecular weight is 261 g/mol. The maximum absolute atomic E-state index is 12.2. The van der Waals surface area contributed by atoms with Gasteiger partial charge in [0.2, 0.25) is 5.91 Å². The van der Waals surface area contributed by atoms with Crippen molar-refractivity contribution < 1.29 is 9.59 Å². The minimum Gasteiger partial charge on any atom is -0.347 e. The largest absolute Gasteiger partial charge is 0.347 e. The SMILES string of the molecule is CN(C)C(=O)CN(C)C(=O)c1ccc2c(c1)CNC2. The molecule has 0 saturated heterocycles. The summed E-state index contributed by atoms with van der Waals surface area (Å²) in [6.45, 7) is 1.76. The number of hydrogen-bond donors (Lipinski definition) is 1. The quantitative estimate of drug-likeness (QED) is 0.859. The van der Waals surface area contributed by atoms with Gasteiger partial charge < -0.3 is 15.1 Å². The Bertz CT molecular complexity index is 511.